The van der Waals surface area contributed by atoms with E-state index in [1.54, 1.807) is 23.1 Å². The predicted octanol–water partition coefficient (Wildman–Crippen LogP) is 3.61. The van der Waals surface area contributed by atoms with Crippen LogP contribution >= 0.6 is 23.1 Å². The molecule has 0 aliphatic heterocycles. The molecule has 2 aromatic rings. The first-order valence-corrected chi connectivity index (χ1v) is 7.33. The number of hydrogen-bond donors (Lipinski definition) is 1. The van der Waals surface area contributed by atoms with Gasteiger partial charge in [0.15, 0.2) is 0 Å². The summed E-state index contributed by atoms with van der Waals surface area (Å²) in [6.07, 6.45) is 2.46. The van der Waals surface area contributed by atoms with Gasteiger partial charge in [-0.05, 0) is 24.3 Å². The normalized spacial score (nSPS) is 14.9. The van der Waals surface area contributed by atoms with Crippen molar-refractivity contribution in [3.63, 3.8) is 0 Å². The van der Waals surface area contributed by atoms with E-state index in [1.807, 2.05) is 13.1 Å². The van der Waals surface area contributed by atoms with Gasteiger partial charge in [0.1, 0.15) is 16.7 Å². The van der Waals surface area contributed by atoms with Gasteiger partial charge in [0.2, 0.25) is 0 Å². The summed E-state index contributed by atoms with van der Waals surface area (Å²) in [6.45, 7) is 0. The van der Waals surface area contributed by atoms with Gasteiger partial charge in [-0.15, -0.1) is 11.3 Å². The first-order chi connectivity index (χ1) is 8.35. The summed E-state index contributed by atoms with van der Waals surface area (Å²) in [5, 5.41) is 6.23. The number of nitrogens with zero attached hydrogens (tertiary/aromatic N) is 2. The van der Waals surface area contributed by atoms with Crippen molar-refractivity contribution in [2.24, 2.45) is 0 Å². The van der Waals surface area contributed by atoms with E-state index in [2.05, 4.69) is 32.8 Å². The summed E-state index contributed by atoms with van der Waals surface area (Å²) >= 11 is 3.45. The zero-order chi connectivity index (χ0) is 11.7. The Balaban J connectivity index is 1.89. The molecule has 0 bridgehead atoms. The Morgan fingerprint density at radius 2 is 2.29 bits per heavy atom. The third-order valence-electron chi connectivity index (χ3n) is 2.62. The van der Waals surface area contributed by atoms with Gasteiger partial charge in [0, 0.05) is 19.0 Å². The summed E-state index contributed by atoms with van der Waals surface area (Å²) in [5.74, 6) is 2.50. The molecule has 2 heterocycles. The maximum Gasteiger partial charge on any atom is 0.135 e. The van der Waals surface area contributed by atoms with E-state index in [0.29, 0.717) is 5.92 Å². The Morgan fingerprint density at radius 3 is 2.94 bits per heavy atom. The minimum atomic E-state index is 0.589. The zero-order valence-electron chi connectivity index (χ0n) is 9.51. The molecular formula is C12H13N3S2. The number of aromatic nitrogens is 2. The molecule has 0 unspecified atom stereocenters. The fraction of sp³-hybridized carbons (Fsp3) is 0.333. The van der Waals surface area contributed by atoms with Crippen LogP contribution in [-0.4, -0.2) is 17.0 Å². The van der Waals surface area contributed by atoms with E-state index in [-0.39, 0.29) is 0 Å². The lowest BCUT2D eigenvalue weighted by molar-refractivity contribution is 0.881. The van der Waals surface area contributed by atoms with Gasteiger partial charge in [-0.2, -0.15) is 0 Å². The summed E-state index contributed by atoms with van der Waals surface area (Å²) < 4.78 is 1.27. The average molecular weight is 263 g/mol. The molecule has 3 nitrogen and oxygen atoms in total. The molecule has 0 atom stereocenters. The SMILES string of the molecule is CNc1cc(Sc2cccs2)nc(C2CC2)n1. The molecule has 1 saturated carbocycles. The summed E-state index contributed by atoms with van der Waals surface area (Å²) in [6, 6.07) is 6.19. The smallest absolute Gasteiger partial charge is 0.135 e. The molecule has 0 saturated heterocycles. The van der Waals surface area contributed by atoms with E-state index in [1.165, 1.54) is 17.1 Å². The van der Waals surface area contributed by atoms with Gasteiger partial charge < -0.3 is 5.32 Å². The van der Waals surface area contributed by atoms with E-state index < -0.39 is 0 Å². The Kier molecular flexibility index (Phi) is 3.03. The van der Waals surface area contributed by atoms with Crippen LogP contribution in [0.25, 0.3) is 0 Å². The number of hydrogen-bond acceptors (Lipinski definition) is 5. The summed E-state index contributed by atoms with van der Waals surface area (Å²) in [7, 11) is 1.90. The lowest BCUT2D eigenvalue weighted by atomic mass is 10.4. The average Bonchev–Trinajstić information content (AvgIpc) is 3.09. The number of rotatable bonds is 4. The highest BCUT2D eigenvalue weighted by Crippen LogP contribution is 2.40. The molecule has 0 spiro atoms. The Morgan fingerprint density at radius 1 is 1.41 bits per heavy atom. The first-order valence-electron chi connectivity index (χ1n) is 5.63. The minimum absolute atomic E-state index is 0.589. The van der Waals surface area contributed by atoms with Crippen LogP contribution in [0, 0.1) is 0 Å². The number of thiophene rings is 1. The molecule has 0 amide bonds. The molecule has 1 fully saturated rings. The second kappa shape index (κ2) is 4.66. The molecule has 2 aromatic heterocycles. The third-order valence-corrected chi connectivity index (χ3v) is 4.57. The second-order valence-corrected chi connectivity index (χ2v) is 6.28. The van der Waals surface area contributed by atoms with Crippen LogP contribution in [-0.2, 0) is 0 Å². The maximum atomic E-state index is 4.64. The highest BCUT2D eigenvalue weighted by molar-refractivity contribution is 8.01. The largest absolute Gasteiger partial charge is 0.373 e. The molecule has 3 rings (SSSR count). The Labute approximate surface area is 109 Å². The highest BCUT2D eigenvalue weighted by atomic mass is 32.2. The van der Waals surface area contributed by atoms with Gasteiger partial charge >= 0.3 is 0 Å². The lowest BCUT2D eigenvalue weighted by Gasteiger charge is -2.05. The summed E-state index contributed by atoms with van der Waals surface area (Å²) in [4.78, 5) is 9.15. The van der Waals surface area contributed by atoms with Crippen molar-refractivity contribution in [1.82, 2.24) is 9.97 Å². The maximum absolute atomic E-state index is 4.64. The molecule has 5 heteroatoms. The molecule has 17 heavy (non-hydrogen) atoms. The van der Waals surface area contributed by atoms with Crippen LogP contribution in [0.3, 0.4) is 0 Å². The van der Waals surface area contributed by atoms with Crippen molar-refractivity contribution >= 4 is 28.9 Å². The van der Waals surface area contributed by atoms with E-state index in [4.69, 9.17) is 0 Å². The quantitative estimate of drug-likeness (QED) is 0.855. The van der Waals surface area contributed by atoms with Gasteiger partial charge in [0.25, 0.3) is 0 Å². The van der Waals surface area contributed by atoms with Gasteiger partial charge in [-0.25, -0.2) is 9.97 Å². The Bertz CT molecular complexity index is 506. The highest BCUT2D eigenvalue weighted by Gasteiger charge is 2.27. The third kappa shape index (κ3) is 2.61. The van der Waals surface area contributed by atoms with Crippen molar-refractivity contribution in [2.75, 3.05) is 12.4 Å². The van der Waals surface area contributed by atoms with E-state index in [0.717, 1.165) is 16.7 Å². The molecule has 0 aromatic carbocycles. The van der Waals surface area contributed by atoms with Crippen molar-refractivity contribution in [1.29, 1.82) is 0 Å². The molecule has 1 aliphatic rings. The molecule has 88 valence electrons. The van der Waals surface area contributed by atoms with Crippen molar-refractivity contribution in [2.45, 2.75) is 28.0 Å². The van der Waals surface area contributed by atoms with Gasteiger partial charge in [-0.3, -0.25) is 0 Å². The van der Waals surface area contributed by atoms with Crippen molar-refractivity contribution in [3.8, 4) is 0 Å². The van der Waals surface area contributed by atoms with Crippen molar-refractivity contribution in [3.05, 3.63) is 29.4 Å². The number of anilines is 1. The Hall–Kier alpha value is -1.07. The van der Waals surface area contributed by atoms with Crippen molar-refractivity contribution < 1.29 is 0 Å². The second-order valence-electron chi connectivity index (χ2n) is 4.01. The van der Waals surface area contributed by atoms with E-state index in [9.17, 15) is 0 Å². The fourth-order valence-electron chi connectivity index (χ4n) is 1.57. The topological polar surface area (TPSA) is 37.8 Å². The molecule has 1 N–H and O–H groups in total. The zero-order valence-corrected chi connectivity index (χ0v) is 11.1. The molecule has 1 aliphatic carbocycles. The predicted molar refractivity (Wildman–Crippen MR) is 72.0 cm³/mol. The van der Waals surface area contributed by atoms with Crippen LogP contribution in [0.15, 0.2) is 32.8 Å². The lowest BCUT2D eigenvalue weighted by Crippen LogP contribution is -1.99. The van der Waals surface area contributed by atoms with Gasteiger partial charge in [0.05, 0.1) is 4.21 Å². The standard InChI is InChI=1S/C12H13N3S2/c1-13-9-7-10(17-11-3-2-6-16-11)15-12(14-9)8-4-5-8/h2-3,6-8H,4-5H2,1H3,(H,13,14,15). The number of nitrogens with one attached hydrogen (secondary N) is 1. The van der Waals surface area contributed by atoms with Gasteiger partial charge in [-0.1, -0.05) is 17.8 Å². The van der Waals surface area contributed by atoms with Crippen LogP contribution in [0.4, 0.5) is 5.82 Å². The van der Waals surface area contributed by atoms with Crippen LogP contribution in [0.2, 0.25) is 0 Å². The monoisotopic (exact) mass is 263 g/mol. The van der Waals surface area contributed by atoms with Crippen LogP contribution < -0.4 is 5.32 Å². The summed E-state index contributed by atoms with van der Waals surface area (Å²) in [5.41, 5.74) is 0. The van der Waals surface area contributed by atoms with Crippen LogP contribution in [0.1, 0.15) is 24.6 Å². The first kappa shape index (κ1) is 11.0. The molecular weight excluding hydrogens is 250 g/mol. The minimum Gasteiger partial charge on any atom is -0.373 e. The molecule has 0 radical (unpaired) electrons. The fourth-order valence-corrected chi connectivity index (χ4v) is 3.30. The van der Waals surface area contributed by atoms with E-state index >= 15 is 0 Å². The van der Waals surface area contributed by atoms with Crippen LogP contribution in [0.5, 0.6) is 0 Å².